The van der Waals surface area contributed by atoms with E-state index >= 15 is 0 Å². The molecule has 3 saturated carbocycles. The summed E-state index contributed by atoms with van der Waals surface area (Å²) in [6.07, 6.45) is 3.52. The lowest BCUT2D eigenvalue weighted by Crippen LogP contribution is -2.51. The highest BCUT2D eigenvalue weighted by Gasteiger charge is 2.59. The number of rotatable bonds is 2. The van der Waals surface area contributed by atoms with Crippen LogP contribution in [-0.4, -0.2) is 17.8 Å². The van der Waals surface area contributed by atoms with Gasteiger partial charge in [0.05, 0.1) is 1.37 Å². The molecule has 0 aromatic rings. The minimum absolute atomic E-state index is 0.0121. The van der Waals surface area contributed by atoms with Gasteiger partial charge in [0.2, 0.25) is 0 Å². The normalized spacial score (nSPS) is 52.6. The van der Waals surface area contributed by atoms with Gasteiger partial charge in [0, 0.05) is 21.0 Å². The molecule has 138 valence electrons. The van der Waals surface area contributed by atoms with E-state index in [9.17, 15) is 9.59 Å². The minimum atomic E-state index is -1.86. The molecule has 4 rings (SSSR count). The van der Waals surface area contributed by atoms with Crippen molar-refractivity contribution in [3.63, 3.8) is 0 Å². The summed E-state index contributed by atoms with van der Waals surface area (Å²) in [4.78, 5) is 24.0. The second-order valence-corrected chi connectivity index (χ2v) is 8.96. The Morgan fingerprint density at radius 3 is 2.84 bits per heavy atom. The Kier molecular flexibility index (Phi) is 3.34. The van der Waals surface area contributed by atoms with Crippen molar-refractivity contribution in [2.24, 2.45) is 28.6 Å². The Balaban J connectivity index is 1.71. The number of allylic oxidation sites excluding steroid dienone is 1. The lowest BCUT2D eigenvalue weighted by Gasteiger charge is -2.57. The lowest BCUT2D eigenvalue weighted by molar-refractivity contribution is -0.159. The summed E-state index contributed by atoms with van der Waals surface area (Å²) in [7, 11) is 0. The van der Waals surface area contributed by atoms with Crippen molar-refractivity contribution in [2.75, 3.05) is 0 Å². The Morgan fingerprint density at radius 2 is 2.08 bits per heavy atom. The van der Waals surface area contributed by atoms with Gasteiger partial charge in [-0.15, -0.1) is 0 Å². The number of hydrogen-bond acceptors (Lipinski definition) is 3. The van der Waals surface area contributed by atoms with Gasteiger partial charge in [-0.2, -0.15) is 0 Å². The second kappa shape index (κ2) is 5.96. The number of carbonyl (C=O) groups is 2. The summed E-state index contributed by atoms with van der Waals surface area (Å²) in [5.41, 5.74) is 0.618. The van der Waals surface area contributed by atoms with Crippen molar-refractivity contribution in [1.82, 2.24) is 0 Å². The third kappa shape index (κ3) is 2.52. The molecule has 4 aliphatic carbocycles. The van der Waals surface area contributed by atoms with Crippen LogP contribution in [0.25, 0.3) is 0 Å². The summed E-state index contributed by atoms with van der Waals surface area (Å²) in [6.45, 7) is 5.96. The van der Waals surface area contributed by atoms with E-state index < -0.39 is 23.8 Å². The number of fused-ring (bicyclic) bond motifs is 5. The van der Waals surface area contributed by atoms with Gasteiger partial charge in [-0.05, 0) is 74.1 Å². The zero-order valence-electron chi connectivity index (χ0n) is 18.7. The topological polar surface area (TPSA) is 43.4 Å². The summed E-state index contributed by atoms with van der Waals surface area (Å²) >= 11 is 0. The van der Waals surface area contributed by atoms with E-state index in [1.54, 1.807) is 6.92 Å². The van der Waals surface area contributed by atoms with E-state index in [4.69, 9.17) is 8.85 Å². The molecule has 0 bridgehead atoms. The molecule has 0 aromatic heterocycles. The lowest BCUT2D eigenvalue weighted by atomic mass is 9.47. The van der Waals surface area contributed by atoms with Crippen LogP contribution in [-0.2, 0) is 14.3 Å². The third-order valence-electron chi connectivity index (χ3n) is 7.86. The molecule has 3 heteroatoms. The quantitative estimate of drug-likeness (QED) is 0.671. The molecular formula is C22H32O3. The number of esters is 1. The Hall–Kier alpha value is -1.12. The van der Waals surface area contributed by atoms with Gasteiger partial charge in [0.1, 0.15) is 6.08 Å². The second-order valence-electron chi connectivity index (χ2n) is 8.96. The summed E-state index contributed by atoms with van der Waals surface area (Å²) in [5, 5.41) is 0. The van der Waals surface area contributed by atoms with E-state index in [0.29, 0.717) is 24.7 Å². The fourth-order valence-corrected chi connectivity index (χ4v) is 6.28. The summed E-state index contributed by atoms with van der Waals surface area (Å²) in [6, 6.07) is 0. The number of ketones is 1. The van der Waals surface area contributed by atoms with Crippen LogP contribution < -0.4 is 0 Å². The van der Waals surface area contributed by atoms with E-state index in [-0.39, 0.29) is 30.0 Å². The van der Waals surface area contributed by atoms with Crippen LogP contribution in [0, 0.1) is 28.6 Å². The minimum Gasteiger partial charge on any atom is -0.462 e. The van der Waals surface area contributed by atoms with Crippen LogP contribution in [0.4, 0.5) is 0 Å². The molecule has 25 heavy (non-hydrogen) atoms. The fourth-order valence-electron chi connectivity index (χ4n) is 6.28. The molecule has 0 saturated heterocycles. The SMILES string of the molecule is [2H]C1([2H])C[C@H]2[C@@H]3CCC4=CC(=O)CC[C@]4(C)[C@H]3CC[C@]2(C)[C@@]1([2H])OC(=O)CC. The maximum absolute atomic E-state index is 12.1. The fraction of sp³-hybridized carbons (Fsp3) is 0.818. The zero-order chi connectivity index (χ0) is 20.5. The Labute approximate surface area is 155 Å². The van der Waals surface area contributed by atoms with E-state index in [0.717, 1.165) is 25.7 Å². The molecule has 0 spiro atoms. The molecule has 3 nitrogen and oxygen atoms in total. The van der Waals surface area contributed by atoms with Crippen LogP contribution in [0.3, 0.4) is 0 Å². The number of carbonyl (C=O) groups excluding carboxylic acids is 2. The average Bonchev–Trinajstić information content (AvgIpc) is 2.79. The molecule has 4 aliphatic rings. The summed E-state index contributed by atoms with van der Waals surface area (Å²) in [5.74, 6) is 0.504. The van der Waals surface area contributed by atoms with Crippen molar-refractivity contribution in [3.8, 4) is 0 Å². The first-order chi connectivity index (χ1) is 13.0. The predicted molar refractivity (Wildman–Crippen MR) is 96.9 cm³/mol. The molecule has 0 N–H and O–H groups in total. The Bertz CT molecular complexity index is 747. The molecule has 0 aromatic carbocycles. The number of ether oxygens (including phenoxy) is 1. The van der Waals surface area contributed by atoms with Gasteiger partial charge in [-0.1, -0.05) is 26.3 Å². The van der Waals surface area contributed by atoms with Gasteiger partial charge >= 0.3 is 5.97 Å². The van der Waals surface area contributed by atoms with Crippen LogP contribution in [0.2, 0.25) is 0 Å². The highest BCUT2D eigenvalue weighted by molar-refractivity contribution is 5.91. The van der Waals surface area contributed by atoms with Crippen LogP contribution in [0.5, 0.6) is 0 Å². The standard InChI is InChI=1S/C22H32O3/c1-4-20(24)25-19-8-7-17-16-6-5-14-13-15(23)9-11-21(14,2)18(16)10-12-22(17,19)3/h13,16-19H,4-12H2,1-3H3/t16-,17-,18-,19-,21-,22-/m0/s1/i8D2,19D. The predicted octanol–water partition coefficient (Wildman–Crippen LogP) is 4.84. The van der Waals surface area contributed by atoms with Crippen LogP contribution >= 0.6 is 0 Å². The smallest absolute Gasteiger partial charge is 0.305 e. The van der Waals surface area contributed by atoms with Crippen molar-refractivity contribution in [3.05, 3.63) is 11.6 Å². The third-order valence-corrected chi connectivity index (χ3v) is 7.86. The monoisotopic (exact) mass is 347 g/mol. The molecule has 0 radical (unpaired) electrons. The maximum atomic E-state index is 12.1. The van der Waals surface area contributed by atoms with Crippen molar-refractivity contribution < 1.29 is 18.4 Å². The van der Waals surface area contributed by atoms with Gasteiger partial charge in [0.25, 0.3) is 0 Å². The first kappa shape index (κ1) is 14.0. The molecule has 0 heterocycles. The van der Waals surface area contributed by atoms with E-state index in [1.807, 2.05) is 13.0 Å². The van der Waals surface area contributed by atoms with E-state index in [2.05, 4.69) is 6.92 Å². The van der Waals surface area contributed by atoms with Gasteiger partial charge < -0.3 is 4.74 Å². The van der Waals surface area contributed by atoms with E-state index in [1.165, 1.54) is 5.57 Å². The van der Waals surface area contributed by atoms with Crippen molar-refractivity contribution in [2.45, 2.75) is 84.6 Å². The zero-order valence-corrected chi connectivity index (χ0v) is 15.7. The first-order valence-corrected chi connectivity index (χ1v) is 9.94. The average molecular weight is 348 g/mol. The maximum Gasteiger partial charge on any atom is 0.305 e. The van der Waals surface area contributed by atoms with Gasteiger partial charge in [-0.25, -0.2) is 0 Å². The first-order valence-electron chi connectivity index (χ1n) is 11.4. The van der Waals surface area contributed by atoms with Crippen molar-refractivity contribution in [1.29, 1.82) is 0 Å². The van der Waals surface area contributed by atoms with Crippen LogP contribution in [0.15, 0.2) is 11.6 Å². The largest absolute Gasteiger partial charge is 0.462 e. The molecule has 3 fully saturated rings. The van der Waals surface area contributed by atoms with Crippen LogP contribution in [0.1, 0.15) is 82.6 Å². The molecular weight excluding hydrogens is 312 g/mol. The molecule has 6 atom stereocenters. The molecule has 0 amide bonds. The summed E-state index contributed by atoms with van der Waals surface area (Å²) < 4.78 is 31.9. The van der Waals surface area contributed by atoms with Gasteiger partial charge in [0.15, 0.2) is 5.78 Å². The molecule has 0 unspecified atom stereocenters. The molecule has 0 aliphatic heterocycles. The van der Waals surface area contributed by atoms with Gasteiger partial charge in [-0.3, -0.25) is 9.59 Å². The highest BCUT2D eigenvalue weighted by Crippen LogP contribution is 2.65. The van der Waals surface area contributed by atoms with Crippen molar-refractivity contribution >= 4 is 11.8 Å². The Morgan fingerprint density at radius 1 is 1.28 bits per heavy atom. The highest BCUT2D eigenvalue weighted by atomic mass is 16.5. The number of hydrogen-bond donors (Lipinski definition) is 0.